The molecular weight excluding hydrogens is 351 g/mol. The number of carbonyl (C=O) groups excluding carboxylic acids is 2. The number of ether oxygens (including phenoxy) is 1. The van der Waals surface area contributed by atoms with Crippen molar-refractivity contribution in [3.8, 4) is 5.69 Å². The van der Waals surface area contributed by atoms with Gasteiger partial charge in [0, 0.05) is 5.69 Å². The van der Waals surface area contributed by atoms with E-state index in [4.69, 9.17) is 10.5 Å². The third-order valence-corrected chi connectivity index (χ3v) is 4.87. The first-order chi connectivity index (χ1) is 13.0. The molecule has 0 bridgehead atoms. The summed E-state index contributed by atoms with van der Waals surface area (Å²) in [5.41, 5.74) is 8.46. The second-order valence-corrected chi connectivity index (χ2v) is 6.49. The molecule has 1 saturated heterocycles. The van der Waals surface area contributed by atoms with Crippen molar-refractivity contribution in [2.24, 2.45) is 11.7 Å². The molecule has 2 N–H and O–H groups in total. The van der Waals surface area contributed by atoms with Crippen molar-refractivity contribution in [2.45, 2.75) is 19.1 Å². The molecular formula is C19H17FN4O3. The minimum Gasteiger partial charge on any atom is -0.441 e. The van der Waals surface area contributed by atoms with Crippen molar-refractivity contribution >= 4 is 23.0 Å². The lowest BCUT2D eigenvalue weighted by atomic mass is 9.92. The number of amides is 2. The third-order valence-electron chi connectivity index (χ3n) is 4.87. The predicted molar refractivity (Wildman–Crippen MR) is 95.4 cm³/mol. The number of nitrogens with two attached hydrogens (primary N) is 1. The van der Waals surface area contributed by atoms with E-state index < -0.39 is 30.1 Å². The molecule has 7 nitrogen and oxygen atoms in total. The van der Waals surface area contributed by atoms with Crippen LogP contribution in [0.3, 0.4) is 0 Å². The number of halogens is 1. The van der Waals surface area contributed by atoms with Crippen LogP contribution in [0.25, 0.3) is 16.7 Å². The number of aromatic nitrogens is 2. The monoisotopic (exact) mass is 368 g/mol. The Morgan fingerprint density at radius 1 is 1.22 bits per heavy atom. The zero-order valence-corrected chi connectivity index (χ0v) is 14.4. The van der Waals surface area contributed by atoms with Crippen LogP contribution in [0.1, 0.15) is 18.5 Å². The van der Waals surface area contributed by atoms with Crippen LogP contribution in [-0.2, 0) is 9.53 Å². The second-order valence-electron chi connectivity index (χ2n) is 6.49. The van der Waals surface area contributed by atoms with Crippen LogP contribution >= 0.6 is 0 Å². The fraction of sp³-hybridized carbons (Fsp3) is 0.211. The number of imidazole rings is 1. The number of para-hydroxylation sites is 2. The number of rotatable bonds is 4. The highest BCUT2D eigenvalue weighted by Crippen LogP contribution is 2.37. The molecule has 1 aliphatic rings. The highest BCUT2D eigenvalue weighted by atomic mass is 19.2. The summed E-state index contributed by atoms with van der Waals surface area (Å²) in [4.78, 5) is 27.5. The molecule has 8 heteroatoms. The summed E-state index contributed by atoms with van der Waals surface area (Å²) < 4.78 is 21.2. The van der Waals surface area contributed by atoms with Crippen molar-refractivity contribution < 1.29 is 18.8 Å². The highest BCUT2D eigenvalue weighted by Gasteiger charge is 2.47. The fourth-order valence-corrected chi connectivity index (χ4v) is 3.33. The quantitative estimate of drug-likeness (QED) is 0.717. The van der Waals surface area contributed by atoms with E-state index in [2.05, 4.69) is 4.98 Å². The van der Waals surface area contributed by atoms with E-state index in [0.717, 1.165) is 16.7 Å². The van der Waals surface area contributed by atoms with Crippen LogP contribution in [0.5, 0.6) is 0 Å². The van der Waals surface area contributed by atoms with Crippen molar-refractivity contribution in [1.29, 1.82) is 0 Å². The number of carbonyl (C=O) groups is 2. The number of fused-ring (bicyclic) bond motifs is 1. The van der Waals surface area contributed by atoms with Crippen LogP contribution in [-0.4, -0.2) is 32.8 Å². The van der Waals surface area contributed by atoms with Crippen molar-refractivity contribution in [2.75, 3.05) is 0 Å². The van der Waals surface area contributed by atoms with E-state index in [-0.39, 0.29) is 5.12 Å². The Kier molecular flexibility index (Phi) is 4.02. The van der Waals surface area contributed by atoms with Crippen LogP contribution in [0.2, 0.25) is 0 Å². The van der Waals surface area contributed by atoms with Gasteiger partial charge < -0.3 is 10.5 Å². The third kappa shape index (κ3) is 2.79. The smallest absolute Gasteiger partial charge is 0.439 e. The molecule has 138 valence electrons. The first-order valence-corrected chi connectivity index (χ1v) is 8.44. The van der Waals surface area contributed by atoms with Gasteiger partial charge in [0.1, 0.15) is 18.5 Å². The van der Waals surface area contributed by atoms with E-state index in [1.165, 1.54) is 6.92 Å². The van der Waals surface area contributed by atoms with Crippen LogP contribution < -0.4 is 5.73 Å². The molecule has 2 heterocycles. The fourth-order valence-electron chi connectivity index (χ4n) is 3.33. The zero-order chi connectivity index (χ0) is 19.1. The predicted octanol–water partition coefficient (Wildman–Crippen LogP) is 2.89. The minimum absolute atomic E-state index is 0.00568. The molecule has 3 aromatic rings. The lowest BCUT2D eigenvalue weighted by Crippen LogP contribution is -2.35. The summed E-state index contributed by atoms with van der Waals surface area (Å²) in [5, 5.41) is 0.00568. The lowest BCUT2D eigenvalue weighted by molar-refractivity contribution is -0.124. The molecule has 3 unspecified atom stereocenters. The van der Waals surface area contributed by atoms with Gasteiger partial charge in [-0.2, -0.15) is 0 Å². The Balaban J connectivity index is 1.68. The maximum Gasteiger partial charge on any atom is 0.439 e. The highest BCUT2D eigenvalue weighted by molar-refractivity contribution is 5.79. The topological polar surface area (TPSA) is 90.5 Å². The Hall–Kier alpha value is -3.42. The normalized spacial score (nSPS) is 20.7. The van der Waals surface area contributed by atoms with E-state index in [1.54, 1.807) is 30.6 Å². The Morgan fingerprint density at radius 3 is 2.63 bits per heavy atom. The Labute approximate surface area is 154 Å². The largest absolute Gasteiger partial charge is 0.441 e. The zero-order valence-electron chi connectivity index (χ0n) is 14.4. The number of benzene rings is 2. The van der Waals surface area contributed by atoms with Crippen LogP contribution in [0.15, 0.2) is 54.9 Å². The summed E-state index contributed by atoms with van der Waals surface area (Å²) in [5.74, 6) is -1.48. The van der Waals surface area contributed by atoms with Crippen LogP contribution in [0.4, 0.5) is 9.28 Å². The summed E-state index contributed by atoms with van der Waals surface area (Å²) >= 11 is 0. The summed E-state index contributed by atoms with van der Waals surface area (Å²) in [6, 6.07) is 13.7. The van der Waals surface area contributed by atoms with Gasteiger partial charge in [0.15, 0.2) is 0 Å². The van der Waals surface area contributed by atoms with Crippen molar-refractivity contribution in [1.82, 2.24) is 14.7 Å². The molecule has 0 spiro atoms. The number of hydrogen-bond acceptors (Lipinski definition) is 4. The Bertz CT molecular complexity index is 1020. The van der Waals surface area contributed by atoms with Crippen molar-refractivity contribution in [3.63, 3.8) is 0 Å². The standard InChI is InChI=1S/C19H17FN4O3/c1-11(18(21)25)17-16(24(20)19(26)27-17)12-6-8-13(9-7-12)23-10-22-14-4-2-3-5-15(14)23/h2-11,16-17H,1H3,(H2,21,25). The first kappa shape index (κ1) is 17.0. The average Bonchev–Trinajstić information content (AvgIpc) is 3.23. The minimum atomic E-state index is -1.12. The maximum absolute atomic E-state index is 14.3. The van der Waals surface area contributed by atoms with Gasteiger partial charge in [-0.05, 0) is 36.8 Å². The molecule has 4 rings (SSSR count). The number of primary amides is 1. The van der Waals surface area contributed by atoms with Gasteiger partial charge in [0.2, 0.25) is 5.91 Å². The van der Waals surface area contributed by atoms with E-state index in [1.807, 2.05) is 28.8 Å². The van der Waals surface area contributed by atoms with E-state index in [9.17, 15) is 14.1 Å². The first-order valence-electron chi connectivity index (χ1n) is 8.44. The van der Waals surface area contributed by atoms with Crippen LogP contribution in [0, 0.1) is 5.92 Å². The van der Waals surface area contributed by atoms with Gasteiger partial charge in [-0.15, -0.1) is 5.12 Å². The Morgan fingerprint density at radius 2 is 1.93 bits per heavy atom. The molecule has 2 amide bonds. The molecule has 1 aromatic heterocycles. The molecule has 0 saturated carbocycles. The van der Waals surface area contributed by atoms with Gasteiger partial charge in [-0.3, -0.25) is 9.36 Å². The summed E-state index contributed by atoms with van der Waals surface area (Å²) in [6.07, 6.45) is -0.399. The summed E-state index contributed by atoms with van der Waals surface area (Å²) in [6.45, 7) is 1.51. The van der Waals surface area contributed by atoms with Gasteiger partial charge in [-0.1, -0.05) is 28.7 Å². The molecule has 1 aliphatic heterocycles. The number of cyclic esters (lactones) is 1. The number of hydrogen-bond donors (Lipinski definition) is 1. The van der Waals surface area contributed by atoms with Gasteiger partial charge in [-0.25, -0.2) is 9.78 Å². The molecule has 2 aromatic carbocycles. The average molecular weight is 368 g/mol. The summed E-state index contributed by atoms with van der Waals surface area (Å²) in [7, 11) is 0. The van der Waals surface area contributed by atoms with E-state index in [0.29, 0.717) is 5.56 Å². The van der Waals surface area contributed by atoms with Gasteiger partial charge >= 0.3 is 6.09 Å². The molecule has 0 radical (unpaired) electrons. The molecule has 1 fully saturated rings. The molecule has 0 aliphatic carbocycles. The molecule has 27 heavy (non-hydrogen) atoms. The lowest BCUT2D eigenvalue weighted by Gasteiger charge is -2.22. The maximum atomic E-state index is 14.3. The number of nitrogens with zero attached hydrogens (tertiary/aromatic N) is 3. The van der Waals surface area contributed by atoms with Gasteiger partial charge in [0.05, 0.1) is 17.0 Å². The van der Waals surface area contributed by atoms with E-state index >= 15 is 0 Å². The SMILES string of the molecule is CC(C(N)=O)C1OC(=O)N(F)C1c1ccc(-n2cnc3ccccc32)cc1. The second kappa shape index (κ2) is 6.39. The van der Waals surface area contributed by atoms with Crippen molar-refractivity contribution in [3.05, 3.63) is 60.4 Å². The molecule has 3 atom stereocenters. The van der Waals surface area contributed by atoms with Gasteiger partial charge in [0.25, 0.3) is 0 Å².